The summed E-state index contributed by atoms with van der Waals surface area (Å²) in [5.41, 5.74) is 1.23. The molecule has 1 fully saturated rings. The summed E-state index contributed by atoms with van der Waals surface area (Å²) in [5, 5.41) is 3.65. The Morgan fingerprint density at radius 3 is 2.68 bits per heavy atom. The first-order chi connectivity index (χ1) is 12.1. The number of fused-ring (bicyclic) bond motifs is 2. The van der Waals surface area contributed by atoms with Crippen LogP contribution >= 0.6 is 23.4 Å². The lowest BCUT2D eigenvalue weighted by Gasteiger charge is -2.22. The van der Waals surface area contributed by atoms with E-state index in [9.17, 15) is 9.59 Å². The predicted octanol–water partition coefficient (Wildman–Crippen LogP) is 3.83. The van der Waals surface area contributed by atoms with Crippen molar-refractivity contribution >= 4 is 35.3 Å². The zero-order valence-electron chi connectivity index (χ0n) is 13.5. The van der Waals surface area contributed by atoms with Crippen LogP contribution in [0.4, 0.5) is 4.79 Å². The van der Waals surface area contributed by atoms with Gasteiger partial charge in [-0.15, -0.1) is 11.8 Å². The van der Waals surface area contributed by atoms with Crippen LogP contribution in [-0.2, 0) is 16.8 Å². The normalized spacial score (nSPS) is 21.7. The number of hydrogen-bond donors (Lipinski definition) is 1. The van der Waals surface area contributed by atoms with E-state index in [0.29, 0.717) is 23.7 Å². The number of urea groups is 1. The molecule has 0 aromatic heterocycles. The lowest BCUT2D eigenvalue weighted by Crippen LogP contribution is -2.42. The van der Waals surface area contributed by atoms with Crippen LogP contribution in [0.2, 0.25) is 5.02 Å². The fraction of sp³-hybridized carbons (Fsp3) is 0.263. The maximum atomic E-state index is 13.0. The highest BCUT2D eigenvalue weighted by molar-refractivity contribution is 7.99. The average molecular weight is 373 g/mol. The SMILES string of the molecule is O=C1N[C@@]2(CCc3ccccc32)C(=O)N1CCSc1ccc(Cl)cc1. The van der Waals surface area contributed by atoms with Crippen LogP contribution in [0.1, 0.15) is 17.5 Å². The van der Waals surface area contributed by atoms with Crippen LogP contribution in [0.15, 0.2) is 53.4 Å². The lowest BCUT2D eigenvalue weighted by atomic mass is 9.92. The zero-order chi connectivity index (χ0) is 17.4. The number of thioether (sulfide) groups is 1. The van der Waals surface area contributed by atoms with Crippen molar-refractivity contribution in [2.45, 2.75) is 23.3 Å². The fourth-order valence-corrected chi connectivity index (χ4v) is 4.54. The largest absolute Gasteiger partial charge is 0.325 e. The molecule has 0 unspecified atom stereocenters. The summed E-state index contributed by atoms with van der Waals surface area (Å²) >= 11 is 7.49. The van der Waals surface area contributed by atoms with Crippen molar-refractivity contribution in [2.24, 2.45) is 0 Å². The number of amides is 3. The van der Waals surface area contributed by atoms with Crippen LogP contribution in [-0.4, -0.2) is 29.1 Å². The van der Waals surface area contributed by atoms with Gasteiger partial charge in [-0.25, -0.2) is 4.79 Å². The Bertz CT molecular complexity index is 840. The van der Waals surface area contributed by atoms with E-state index < -0.39 is 5.54 Å². The highest BCUT2D eigenvalue weighted by Gasteiger charge is 2.54. The van der Waals surface area contributed by atoms with Crippen molar-refractivity contribution < 1.29 is 9.59 Å². The molecule has 25 heavy (non-hydrogen) atoms. The van der Waals surface area contributed by atoms with Gasteiger partial charge in [-0.1, -0.05) is 35.9 Å². The molecular weight excluding hydrogens is 356 g/mol. The van der Waals surface area contributed by atoms with E-state index in [4.69, 9.17) is 11.6 Å². The molecule has 4 rings (SSSR count). The number of carbonyl (C=O) groups is 2. The maximum Gasteiger partial charge on any atom is 0.325 e. The Labute approximate surface area is 155 Å². The molecule has 2 aromatic rings. The highest BCUT2D eigenvalue weighted by atomic mass is 35.5. The number of nitrogens with one attached hydrogen (secondary N) is 1. The second-order valence-corrected chi connectivity index (χ2v) is 7.86. The van der Waals surface area contributed by atoms with Gasteiger partial charge >= 0.3 is 6.03 Å². The smallest absolute Gasteiger partial charge is 0.319 e. The molecule has 1 heterocycles. The van der Waals surface area contributed by atoms with Crippen molar-refractivity contribution in [2.75, 3.05) is 12.3 Å². The second-order valence-electron chi connectivity index (χ2n) is 6.25. The van der Waals surface area contributed by atoms with Gasteiger partial charge < -0.3 is 5.32 Å². The second kappa shape index (κ2) is 6.39. The van der Waals surface area contributed by atoms with Crippen molar-refractivity contribution in [1.82, 2.24) is 10.2 Å². The van der Waals surface area contributed by atoms with E-state index in [-0.39, 0.29) is 11.9 Å². The van der Waals surface area contributed by atoms with Crippen molar-refractivity contribution in [3.05, 3.63) is 64.7 Å². The quantitative estimate of drug-likeness (QED) is 0.655. The van der Waals surface area contributed by atoms with Gasteiger partial charge in [-0.05, 0) is 48.2 Å². The van der Waals surface area contributed by atoms with E-state index >= 15 is 0 Å². The predicted molar refractivity (Wildman–Crippen MR) is 98.9 cm³/mol. The molecule has 1 N–H and O–H groups in total. The molecule has 6 heteroatoms. The first-order valence-electron chi connectivity index (χ1n) is 8.21. The third kappa shape index (κ3) is 2.81. The first kappa shape index (κ1) is 16.5. The molecule has 1 spiro atoms. The van der Waals surface area contributed by atoms with Gasteiger partial charge in [0, 0.05) is 22.2 Å². The van der Waals surface area contributed by atoms with Crippen LogP contribution in [0.25, 0.3) is 0 Å². The van der Waals surface area contributed by atoms with Crippen molar-refractivity contribution in [1.29, 1.82) is 0 Å². The van der Waals surface area contributed by atoms with E-state index in [1.54, 1.807) is 11.8 Å². The number of rotatable bonds is 4. The number of nitrogens with zero attached hydrogens (tertiary/aromatic N) is 1. The number of aryl methyl sites for hydroxylation is 1. The first-order valence-corrected chi connectivity index (χ1v) is 9.57. The van der Waals surface area contributed by atoms with E-state index in [0.717, 1.165) is 22.4 Å². The molecule has 128 valence electrons. The summed E-state index contributed by atoms with van der Waals surface area (Å²) in [5.74, 6) is 0.526. The minimum absolute atomic E-state index is 0.126. The fourth-order valence-electron chi connectivity index (χ4n) is 3.58. The molecule has 1 saturated heterocycles. The van der Waals surface area contributed by atoms with Gasteiger partial charge in [-0.2, -0.15) is 0 Å². The topological polar surface area (TPSA) is 49.4 Å². The Morgan fingerprint density at radius 2 is 1.88 bits per heavy atom. The van der Waals surface area contributed by atoms with Crippen molar-refractivity contribution in [3.8, 4) is 0 Å². The van der Waals surface area contributed by atoms with Crippen LogP contribution < -0.4 is 5.32 Å². The number of benzene rings is 2. The zero-order valence-corrected chi connectivity index (χ0v) is 15.1. The Kier molecular flexibility index (Phi) is 4.21. The van der Waals surface area contributed by atoms with Gasteiger partial charge in [0.25, 0.3) is 5.91 Å². The number of hydrogen-bond acceptors (Lipinski definition) is 3. The monoisotopic (exact) mass is 372 g/mol. The number of carbonyl (C=O) groups excluding carboxylic acids is 2. The number of imide groups is 1. The van der Waals surface area contributed by atoms with Gasteiger partial charge in [0.05, 0.1) is 0 Å². The summed E-state index contributed by atoms with van der Waals surface area (Å²) in [6.07, 6.45) is 1.45. The molecule has 0 bridgehead atoms. The van der Waals surface area contributed by atoms with Crippen LogP contribution in [0, 0.1) is 0 Å². The summed E-state index contributed by atoms with van der Waals surface area (Å²) in [6, 6.07) is 15.1. The molecule has 2 aliphatic rings. The van der Waals surface area contributed by atoms with E-state index in [2.05, 4.69) is 5.32 Å². The third-order valence-corrected chi connectivity index (χ3v) is 6.06. The lowest BCUT2D eigenvalue weighted by molar-refractivity contribution is -0.131. The highest BCUT2D eigenvalue weighted by Crippen LogP contribution is 2.41. The molecule has 4 nitrogen and oxygen atoms in total. The molecule has 0 saturated carbocycles. The summed E-state index contributed by atoms with van der Waals surface area (Å²) < 4.78 is 0. The molecule has 2 aromatic carbocycles. The van der Waals surface area contributed by atoms with Gasteiger partial charge in [0.15, 0.2) is 0 Å². The molecule has 3 amide bonds. The number of halogens is 1. The Balaban J connectivity index is 1.46. The maximum absolute atomic E-state index is 13.0. The Morgan fingerprint density at radius 1 is 1.12 bits per heavy atom. The summed E-state index contributed by atoms with van der Waals surface area (Å²) in [7, 11) is 0. The molecule has 0 radical (unpaired) electrons. The molecule has 1 aliphatic heterocycles. The van der Waals surface area contributed by atoms with Gasteiger partial charge in [-0.3, -0.25) is 9.69 Å². The third-order valence-electron chi connectivity index (χ3n) is 4.82. The minimum Gasteiger partial charge on any atom is -0.319 e. The molecule has 1 atom stereocenters. The van der Waals surface area contributed by atoms with Crippen molar-refractivity contribution in [3.63, 3.8) is 0 Å². The average Bonchev–Trinajstić information content (AvgIpc) is 3.10. The van der Waals surface area contributed by atoms with Gasteiger partial charge in [0.2, 0.25) is 0 Å². The van der Waals surface area contributed by atoms with Gasteiger partial charge in [0.1, 0.15) is 5.54 Å². The van der Waals surface area contributed by atoms with Crippen LogP contribution in [0.3, 0.4) is 0 Å². The van der Waals surface area contributed by atoms with Crippen LogP contribution in [0.5, 0.6) is 0 Å². The molecular formula is C19H17ClN2O2S. The van der Waals surface area contributed by atoms with E-state index in [1.807, 2.05) is 48.5 Å². The summed E-state index contributed by atoms with van der Waals surface area (Å²) in [4.78, 5) is 27.8. The minimum atomic E-state index is -0.862. The van der Waals surface area contributed by atoms with E-state index in [1.165, 1.54) is 4.90 Å². The molecule has 1 aliphatic carbocycles. The Hall–Kier alpha value is -1.98. The summed E-state index contributed by atoms with van der Waals surface area (Å²) in [6.45, 7) is 0.391. The standard InChI is InChI=1S/C19H17ClN2O2S/c20-14-5-7-15(8-6-14)25-12-11-22-17(23)19(21-18(22)24)10-9-13-3-1-2-4-16(13)19/h1-8H,9-12H2,(H,21,24)/t19-/m1/s1.